The minimum atomic E-state index is -0.538. The number of rotatable bonds is 3. The molecular formula is C15H20FN3O2. The van der Waals surface area contributed by atoms with Crippen molar-refractivity contribution < 1.29 is 14.0 Å². The number of nitrogens with one attached hydrogen (secondary N) is 3. The van der Waals surface area contributed by atoms with Crippen LogP contribution in [0.1, 0.15) is 39.0 Å². The molecule has 0 heterocycles. The number of carbonyl (C=O) groups is 2. The van der Waals surface area contributed by atoms with Crippen LogP contribution in [0.4, 0.5) is 20.6 Å². The van der Waals surface area contributed by atoms with E-state index in [1.54, 1.807) is 0 Å². The number of amides is 3. The van der Waals surface area contributed by atoms with Crippen LogP contribution in [0.25, 0.3) is 0 Å². The van der Waals surface area contributed by atoms with E-state index in [0.717, 1.165) is 25.7 Å². The van der Waals surface area contributed by atoms with Gasteiger partial charge in [-0.3, -0.25) is 4.79 Å². The monoisotopic (exact) mass is 293 g/mol. The summed E-state index contributed by atoms with van der Waals surface area (Å²) in [4.78, 5) is 22.9. The van der Waals surface area contributed by atoms with Gasteiger partial charge in [-0.25, -0.2) is 9.18 Å². The molecule has 21 heavy (non-hydrogen) atoms. The number of hydrogen-bond acceptors (Lipinski definition) is 2. The Morgan fingerprint density at radius 3 is 2.52 bits per heavy atom. The highest BCUT2D eigenvalue weighted by atomic mass is 19.1. The Morgan fingerprint density at radius 2 is 1.86 bits per heavy atom. The first kappa shape index (κ1) is 15.3. The van der Waals surface area contributed by atoms with Gasteiger partial charge in [0, 0.05) is 18.7 Å². The molecule has 0 unspecified atom stereocenters. The summed E-state index contributed by atoms with van der Waals surface area (Å²) >= 11 is 0. The van der Waals surface area contributed by atoms with E-state index in [1.807, 2.05) is 0 Å². The molecule has 1 saturated carbocycles. The molecule has 0 bridgehead atoms. The molecule has 0 saturated heterocycles. The van der Waals surface area contributed by atoms with Gasteiger partial charge < -0.3 is 16.0 Å². The van der Waals surface area contributed by atoms with Crippen molar-refractivity contribution in [3.05, 3.63) is 24.0 Å². The second-order valence-electron chi connectivity index (χ2n) is 5.31. The quantitative estimate of drug-likeness (QED) is 0.800. The molecule has 0 aliphatic heterocycles. The number of urea groups is 1. The molecule has 5 nitrogen and oxygen atoms in total. The summed E-state index contributed by atoms with van der Waals surface area (Å²) < 4.78 is 13.5. The van der Waals surface area contributed by atoms with Crippen LogP contribution < -0.4 is 16.0 Å². The number of carbonyl (C=O) groups excluding carboxylic acids is 2. The molecule has 1 aromatic rings. The lowest BCUT2D eigenvalue weighted by Crippen LogP contribution is -2.39. The molecule has 0 atom stereocenters. The molecule has 3 amide bonds. The lowest BCUT2D eigenvalue weighted by molar-refractivity contribution is -0.114. The van der Waals surface area contributed by atoms with Crippen LogP contribution >= 0.6 is 0 Å². The first-order valence-electron chi connectivity index (χ1n) is 7.19. The zero-order valence-electron chi connectivity index (χ0n) is 12.0. The number of hydrogen-bond donors (Lipinski definition) is 3. The van der Waals surface area contributed by atoms with E-state index in [0.29, 0.717) is 5.69 Å². The zero-order chi connectivity index (χ0) is 15.2. The summed E-state index contributed by atoms with van der Waals surface area (Å²) in [6.07, 6.45) is 5.47. The van der Waals surface area contributed by atoms with Crippen LogP contribution in [0.2, 0.25) is 0 Å². The van der Waals surface area contributed by atoms with E-state index in [2.05, 4.69) is 16.0 Å². The second-order valence-corrected chi connectivity index (χ2v) is 5.31. The van der Waals surface area contributed by atoms with Gasteiger partial charge in [-0.1, -0.05) is 19.3 Å². The van der Waals surface area contributed by atoms with Crippen LogP contribution in [0.15, 0.2) is 18.2 Å². The second kappa shape index (κ2) is 7.06. The summed E-state index contributed by atoms with van der Waals surface area (Å²) in [7, 11) is 0. The highest BCUT2D eigenvalue weighted by molar-refractivity contribution is 5.92. The lowest BCUT2D eigenvalue weighted by atomic mass is 9.96. The third kappa shape index (κ3) is 4.73. The number of anilines is 2. The molecule has 1 aromatic carbocycles. The van der Waals surface area contributed by atoms with Crippen LogP contribution in [0, 0.1) is 5.82 Å². The van der Waals surface area contributed by atoms with Crippen molar-refractivity contribution in [3.63, 3.8) is 0 Å². The molecule has 3 N–H and O–H groups in total. The van der Waals surface area contributed by atoms with Gasteiger partial charge in [-0.2, -0.15) is 0 Å². The topological polar surface area (TPSA) is 70.2 Å². The minimum absolute atomic E-state index is 0.0537. The molecule has 114 valence electrons. The van der Waals surface area contributed by atoms with Gasteiger partial charge >= 0.3 is 6.03 Å². The van der Waals surface area contributed by atoms with Gasteiger partial charge in [-0.05, 0) is 31.0 Å². The summed E-state index contributed by atoms with van der Waals surface area (Å²) in [5.74, 6) is -0.902. The molecule has 1 aliphatic carbocycles. The fourth-order valence-corrected chi connectivity index (χ4v) is 2.49. The van der Waals surface area contributed by atoms with E-state index in [-0.39, 0.29) is 23.7 Å². The molecule has 1 aliphatic rings. The van der Waals surface area contributed by atoms with Crippen molar-refractivity contribution >= 4 is 23.3 Å². The summed E-state index contributed by atoms with van der Waals surface area (Å²) in [5, 5.41) is 7.96. The highest BCUT2D eigenvalue weighted by Gasteiger charge is 2.16. The van der Waals surface area contributed by atoms with Crippen molar-refractivity contribution in [2.24, 2.45) is 0 Å². The number of halogens is 1. The highest BCUT2D eigenvalue weighted by Crippen LogP contribution is 2.20. The third-order valence-corrected chi connectivity index (χ3v) is 3.48. The zero-order valence-corrected chi connectivity index (χ0v) is 12.0. The van der Waals surface area contributed by atoms with Gasteiger partial charge in [0.25, 0.3) is 0 Å². The Balaban J connectivity index is 1.95. The van der Waals surface area contributed by atoms with Gasteiger partial charge in [-0.15, -0.1) is 0 Å². The maximum atomic E-state index is 13.5. The van der Waals surface area contributed by atoms with Crippen molar-refractivity contribution in [2.75, 3.05) is 10.6 Å². The number of benzene rings is 1. The standard InChI is InChI=1S/C15H20FN3O2/c1-10(20)17-14-9-12(7-8-13(14)16)19-15(21)18-11-5-3-2-4-6-11/h7-9,11H,2-6H2,1H3,(H,17,20)(H2,18,19,21). The van der Waals surface area contributed by atoms with Crippen LogP contribution in [-0.2, 0) is 4.79 Å². The van der Waals surface area contributed by atoms with Crippen molar-refractivity contribution in [1.29, 1.82) is 0 Å². The maximum absolute atomic E-state index is 13.5. The predicted molar refractivity (Wildman–Crippen MR) is 79.7 cm³/mol. The summed E-state index contributed by atoms with van der Waals surface area (Å²) in [6.45, 7) is 1.30. The van der Waals surface area contributed by atoms with E-state index in [4.69, 9.17) is 0 Å². The van der Waals surface area contributed by atoms with Crippen molar-refractivity contribution in [1.82, 2.24) is 5.32 Å². The van der Waals surface area contributed by atoms with Crippen molar-refractivity contribution in [2.45, 2.75) is 45.1 Å². The Hall–Kier alpha value is -2.11. The smallest absolute Gasteiger partial charge is 0.319 e. The largest absolute Gasteiger partial charge is 0.335 e. The first-order chi connectivity index (χ1) is 10.0. The molecule has 1 fully saturated rings. The molecule has 0 aromatic heterocycles. The summed E-state index contributed by atoms with van der Waals surface area (Å²) in [5.41, 5.74) is 0.492. The Morgan fingerprint density at radius 1 is 1.14 bits per heavy atom. The SMILES string of the molecule is CC(=O)Nc1cc(NC(=O)NC2CCCCC2)ccc1F. The fraction of sp³-hybridized carbons (Fsp3) is 0.467. The van der Waals surface area contributed by atoms with Crippen LogP contribution in [-0.4, -0.2) is 18.0 Å². The normalized spacial score (nSPS) is 15.3. The fourth-order valence-electron chi connectivity index (χ4n) is 2.49. The van der Waals surface area contributed by atoms with E-state index < -0.39 is 5.82 Å². The summed E-state index contributed by atoms with van der Waals surface area (Å²) in [6, 6.07) is 3.97. The van der Waals surface area contributed by atoms with E-state index in [9.17, 15) is 14.0 Å². The van der Waals surface area contributed by atoms with E-state index in [1.165, 1.54) is 31.5 Å². The van der Waals surface area contributed by atoms with Crippen molar-refractivity contribution in [3.8, 4) is 0 Å². The third-order valence-electron chi connectivity index (χ3n) is 3.48. The Bertz CT molecular complexity index is 528. The average Bonchev–Trinajstić information content (AvgIpc) is 2.43. The van der Waals surface area contributed by atoms with Gasteiger partial charge in [0.1, 0.15) is 5.82 Å². The van der Waals surface area contributed by atoms with Gasteiger partial charge in [0.05, 0.1) is 5.69 Å². The first-order valence-corrected chi connectivity index (χ1v) is 7.19. The minimum Gasteiger partial charge on any atom is -0.335 e. The molecule has 6 heteroatoms. The van der Waals surface area contributed by atoms with Gasteiger partial charge in [0.15, 0.2) is 0 Å². The van der Waals surface area contributed by atoms with E-state index >= 15 is 0 Å². The maximum Gasteiger partial charge on any atom is 0.319 e. The van der Waals surface area contributed by atoms with Gasteiger partial charge in [0.2, 0.25) is 5.91 Å². The predicted octanol–water partition coefficient (Wildman–Crippen LogP) is 3.24. The van der Waals surface area contributed by atoms with Crippen LogP contribution in [0.3, 0.4) is 0 Å². The lowest BCUT2D eigenvalue weighted by Gasteiger charge is -2.22. The Kier molecular flexibility index (Phi) is 5.14. The van der Waals surface area contributed by atoms with Crippen LogP contribution in [0.5, 0.6) is 0 Å². The molecular weight excluding hydrogens is 273 g/mol. The molecule has 0 spiro atoms. The molecule has 0 radical (unpaired) electrons. The Labute approximate surface area is 123 Å². The average molecular weight is 293 g/mol. The molecule has 2 rings (SSSR count).